The quantitative estimate of drug-likeness (QED) is 0.268. The molecule has 3 N–H and O–H groups in total. The lowest BCUT2D eigenvalue weighted by Gasteiger charge is -2.34. The van der Waals surface area contributed by atoms with Crippen LogP contribution in [0.2, 0.25) is 0 Å². The molecular weight excluding hydrogens is 554 g/mol. The number of carbonyl (C=O) groups excluding carboxylic acids is 1. The monoisotopic (exact) mass is 589 g/mol. The molecule has 0 radical (unpaired) electrons. The van der Waals surface area contributed by atoms with Crippen LogP contribution in [0.3, 0.4) is 0 Å². The highest BCUT2D eigenvalue weighted by atomic mass is 32.2. The first-order chi connectivity index (χ1) is 19.2. The van der Waals surface area contributed by atoms with Gasteiger partial charge >= 0.3 is 5.97 Å². The first-order valence-corrected chi connectivity index (χ1v) is 15.5. The number of ether oxygens (including phenoxy) is 1. The topological polar surface area (TPSA) is 150 Å². The van der Waals surface area contributed by atoms with Gasteiger partial charge in [0.2, 0.25) is 16.0 Å². The lowest BCUT2D eigenvalue weighted by molar-refractivity contribution is 0.0531. The number of rotatable bonds is 12. The van der Waals surface area contributed by atoms with E-state index in [0.717, 1.165) is 42.1 Å². The van der Waals surface area contributed by atoms with Gasteiger partial charge in [-0.3, -0.25) is 5.32 Å². The number of benzene rings is 1. The highest BCUT2D eigenvalue weighted by Gasteiger charge is 2.27. The maximum atomic E-state index is 12.3. The molecular formula is C26H35N7O5S2. The first kappa shape index (κ1) is 29.6. The van der Waals surface area contributed by atoms with Crippen molar-refractivity contribution in [3.05, 3.63) is 46.0 Å². The summed E-state index contributed by atoms with van der Waals surface area (Å²) in [4.78, 5) is 31.3. The summed E-state index contributed by atoms with van der Waals surface area (Å²) in [6.07, 6.45) is 1.68. The molecule has 2 aromatic heterocycles. The van der Waals surface area contributed by atoms with Gasteiger partial charge in [-0.05, 0) is 58.4 Å². The smallest absolute Gasteiger partial charge is 0.350 e. The molecule has 14 heteroatoms. The van der Waals surface area contributed by atoms with E-state index in [4.69, 9.17) is 14.7 Å². The molecule has 0 unspecified atom stereocenters. The number of esters is 1. The van der Waals surface area contributed by atoms with Crippen molar-refractivity contribution in [3.8, 4) is 0 Å². The number of nitrogens with zero attached hydrogens (tertiary/aromatic N) is 5. The largest absolute Gasteiger partial charge is 0.462 e. The molecule has 0 spiro atoms. The van der Waals surface area contributed by atoms with E-state index in [0.29, 0.717) is 41.3 Å². The van der Waals surface area contributed by atoms with E-state index in [1.165, 1.54) is 18.4 Å². The molecule has 0 saturated heterocycles. The Balaban J connectivity index is 1.70. The molecule has 4 rings (SSSR count). The molecule has 0 saturated carbocycles. The minimum absolute atomic E-state index is 0.0183. The van der Waals surface area contributed by atoms with E-state index in [1.807, 2.05) is 11.8 Å². The van der Waals surface area contributed by atoms with Crippen LogP contribution in [0.5, 0.6) is 0 Å². The minimum atomic E-state index is -3.52. The summed E-state index contributed by atoms with van der Waals surface area (Å²) in [6, 6.07) is 6.80. The third-order valence-corrected chi connectivity index (χ3v) is 9.00. The van der Waals surface area contributed by atoms with Crippen molar-refractivity contribution in [2.75, 3.05) is 55.0 Å². The molecule has 1 aliphatic rings. The SMILES string of the molecule is CCOC(=O)c1sc(Nc2nc(N(CC)CCO)c3c(n2)N(Cc2ccc(S(=O)(=O)NC)cc2)CCC3)nc1C. The van der Waals surface area contributed by atoms with E-state index in [1.54, 1.807) is 38.1 Å². The molecule has 0 aliphatic carbocycles. The first-order valence-electron chi connectivity index (χ1n) is 13.2. The lowest BCUT2D eigenvalue weighted by atomic mass is 10.0. The highest BCUT2D eigenvalue weighted by Crippen LogP contribution is 2.35. The van der Waals surface area contributed by atoms with E-state index in [-0.39, 0.29) is 18.1 Å². The average Bonchev–Trinajstić information content (AvgIpc) is 3.32. The Hall–Kier alpha value is -3.33. The van der Waals surface area contributed by atoms with Crippen molar-refractivity contribution in [1.29, 1.82) is 0 Å². The van der Waals surface area contributed by atoms with Gasteiger partial charge in [-0.25, -0.2) is 22.9 Å². The zero-order valence-corrected chi connectivity index (χ0v) is 24.7. The fourth-order valence-electron chi connectivity index (χ4n) is 4.55. The molecule has 0 amide bonds. The summed E-state index contributed by atoms with van der Waals surface area (Å²) in [5, 5.41) is 13.3. The number of aromatic nitrogens is 3. The lowest BCUT2D eigenvalue weighted by Crippen LogP contribution is -2.34. The van der Waals surface area contributed by atoms with Gasteiger partial charge < -0.3 is 19.6 Å². The maximum absolute atomic E-state index is 12.3. The summed E-state index contributed by atoms with van der Waals surface area (Å²) in [5.41, 5.74) is 2.49. The second kappa shape index (κ2) is 12.9. The van der Waals surface area contributed by atoms with Crippen molar-refractivity contribution in [3.63, 3.8) is 0 Å². The Bertz CT molecular complexity index is 1440. The van der Waals surface area contributed by atoms with E-state index in [2.05, 4.69) is 19.9 Å². The van der Waals surface area contributed by atoms with E-state index < -0.39 is 16.0 Å². The number of hydrogen-bond acceptors (Lipinski definition) is 12. The number of sulfonamides is 1. The Kier molecular flexibility index (Phi) is 9.56. The zero-order chi connectivity index (χ0) is 28.9. The summed E-state index contributed by atoms with van der Waals surface area (Å²) in [6.45, 7) is 8.13. The van der Waals surface area contributed by atoms with E-state index >= 15 is 0 Å². The van der Waals surface area contributed by atoms with Crippen LogP contribution in [-0.2, 0) is 27.7 Å². The molecule has 3 heterocycles. The second-order valence-corrected chi connectivity index (χ2v) is 12.0. The van der Waals surface area contributed by atoms with Crippen LogP contribution in [-0.4, -0.2) is 74.3 Å². The van der Waals surface area contributed by atoms with Gasteiger partial charge in [0, 0.05) is 31.7 Å². The van der Waals surface area contributed by atoms with Crippen LogP contribution in [0, 0.1) is 6.92 Å². The second-order valence-electron chi connectivity index (χ2n) is 9.13. The van der Waals surface area contributed by atoms with Gasteiger partial charge in [-0.1, -0.05) is 23.5 Å². The normalized spacial score (nSPS) is 13.2. The Morgan fingerprint density at radius 2 is 1.95 bits per heavy atom. The Morgan fingerprint density at radius 3 is 2.60 bits per heavy atom. The van der Waals surface area contributed by atoms with Gasteiger partial charge in [0.1, 0.15) is 16.5 Å². The third kappa shape index (κ3) is 6.52. The summed E-state index contributed by atoms with van der Waals surface area (Å²) in [5.74, 6) is 1.41. The van der Waals surface area contributed by atoms with Gasteiger partial charge in [0.25, 0.3) is 0 Å². The zero-order valence-electron chi connectivity index (χ0n) is 23.1. The van der Waals surface area contributed by atoms with Crippen LogP contribution in [0.15, 0.2) is 29.2 Å². The predicted molar refractivity (Wildman–Crippen MR) is 155 cm³/mol. The van der Waals surface area contributed by atoms with Crippen LogP contribution < -0.4 is 19.8 Å². The number of fused-ring (bicyclic) bond motifs is 1. The van der Waals surface area contributed by atoms with Gasteiger partial charge in [-0.15, -0.1) is 0 Å². The van der Waals surface area contributed by atoms with Crippen molar-refractivity contribution < 1.29 is 23.1 Å². The minimum Gasteiger partial charge on any atom is -0.462 e. The van der Waals surface area contributed by atoms with Gasteiger partial charge in [-0.2, -0.15) is 9.97 Å². The molecule has 1 aromatic carbocycles. The van der Waals surface area contributed by atoms with Crippen molar-refractivity contribution in [2.45, 2.75) is 45.1 Å². The number of carbonyl (C=O) groups is 1. The molecule has 3 aromatic rings. The van der Waals surface area contributed by atoms with Crippen molar-refractivity contribution in [2.24, 2.45) is 0 Å². The molecule has 12 nitrogen and oxygen atoms in total. The Labute approximate surface area is 238 Å². The highest BCUT2D eigenvalue weighted by molar-refractivity contribution is 7.89. The number of hydrogen-bond donors (Lipinski definition) is 3. The van der Waals surface area contributed by atoms with Crippen LogP contribution in [0.4, 0.5) is 22.7 Å². The molecule has 0 atom stereocenters. The molecule has 40 heavy (non-hydrogen) atoms. The molecule has 0 fully saturated rings. The van der Waals surface area contributed by atoms with Gasteiger partial charge in [0.05, 0.1) is 23.8 Å². The summed E-state index contributed by atoms with van der Waals surface area (Å²) >= 11 is 1.18. The van der Waals surface area contributed by atoms with Crippen molar-refractivity contribution in [1.82, 2.24) is 19.7 Å². The van der Waals surface area contributed by atoms with Crippen LogP contribution >= 0.6 is 11.3 Å². The maximum Gasteiger partial charge on any atom is 0.350 e. The molecule has 0 bridgehead atoms. The standard InChI is InChI=1S/C26H35N7O5S2/c1-5-32(14-15-34)22-20-8-7-13-33(16-18-9-11-19(12-10-18)40(36,37)27-4)23(20)30-25(29-22)31-26-28-17(3)21(39-26)24(35)38-6-2/h9-12,27,34H,5-8,13-16H2,1-4H3,(H,28,29,30,31). The number of aliphatic hydroxyl groups is 1. The van der Waals surface area contributed by atoms with Gasteiger partial charge in [0.15, 0.2) is 5.13 Å². The molecule has 216 valence electrons. The summed E-state index contributed by atoms with van der Waals surface area (Å²) < 4.78 is 31.7. The Morgan fingerprint density at radius 1 is 1.20 bits per heavy atom. The number of anilines is 4. The van der Waals surface area contributed by atoms with Crippen molar-refractivity contribution >= 4 is 50.0 Å². The fourth-order valence-corrected chi connectivity index (χ4v) is 6.13. The number of aryl methyl sites for hydroxylation is 1. The number of nitrogens with one attached hydrogen (secondary N) is 2. The fraction of sp³-hybridized carbons (Fsp3) is 0.462. The number of thiazole rings is 1. The number of likely N-dealkylation sites (N-methyl/N-ethyl adjacent to an activating group) is 1. The summed E-state index contributed by atoms with van der Waals surface area (Å²) in [7, 11) is -2.13. The average molecular weight is 590 g/mol. The van der Waals surface area contributed by atoms with Crippen LogP contribution in [0.25, 0.3) is 0 Å². The molecule has 1 aliphatic heterocycles. The number of aliphatic hydroxyl groups excluding tert-OH is 1. The predicted octanol–water partition coefficient (Wildman–Crippen LogP) is 2.84. The van der Waals surface area contributed by atoms with Crippen LogP contribution in [0.1, 0.15) is 46.8 Å². The van der Waals surface area contributed by atoms with E-state index in [9.17, 15) is 18.3 Å². The third-order valence-electron chi connectivity index (χ3n) is 6.52.